The third-order valence-electron chi connectivity index (χ3n) is 5.83. The predicted molar refractivity (Wildman–Crippen MR) is 121 cm³/mol. The Morgan fingerprint density at radius 2 is 1.87 bits per heavy atom. The highest BCUT2D eigenvalue weighted by atomic mass is 32.1. The first-order valence-electron chi connectivity index (χ1n) is 10.7. The van der Waals surface area contributed by atoms with Crippen LogP contribution in [0.2, 0.25) is 0 Å². The minimum Gasteiger partial charge on any atom is -0.421 e. The van der Waals surface area contributed by atoms with E-state index in [-0.39, 0.29) is 5.91 Å². The third kappa shape index (κ3) is 4.37. The molecule has 0 unspecified atom stereocenters. The van der Waals surface area contributed by atoms with E-state index in [1.165, 1.54) is 15.3 Å². The van der Waals surface area contributed by atoms with Crippen LogP contribution in [0.25, 0.3) is 21.7 Å². The summed E-state index contributed by atoms with van der Waals surface area (Å²) in [7, 11) is 0. The van der Waals surface area contributed by atoms with Gasteiger partial charge in [0.15, 0.2) is 0 Å². The third-order valence-corrected chi connectivity index (χ3v) is 7.02. The van der Waals surface area contributed by atoms with Gasteiger partial charge in [0, 0.05) is 37.4 Å². The molecule has 0 bridgehead atoms. The number of piperidine rings is 1. The smallest absolute Gasteiger partial charge is 0.247 e. The highest BCUT2D eigenvalue weighted by molar-refractivity contribution is 7.18. The highest BCUT2D eigenvalue weighted by Gasteiger charge is 2.26. The number of aryl methyl sites for hydroxylation is 2. The van der Waals surface area contributed by atoms with Crippen LogP contribution in [0.5, 0.6) is 0 Å². The molecule has 7 heteroatoms. The van der Waals surface area contributed by atoms with Gasteiger partial charge in [0.1, 0.15) is 0 Å². The van der Waals surface area contributed by atoms with Crippen molar-refractivity contribution in [3.8, 4) is 11.5 Å². The Hall–Kier alpha value is -3.06. The number of likely N-dealkylation sites (tertiary alicyclic amines) is 1. The summed E-state index contributed by atoms with van der Waals surface area (Å²) in [4.78, 5) is 19.5. The summed E-state index contributed by atoms with van der Waals surface area (Å²) >= 11 is 1.78. The fourth-order valence-corrected chi connectivity index (χ4v) is 5.12. The van der Waals surface area contributed by atoms with Gasteiger partial charge in [-0.1, -0.05) is 29.8 Å². The normalized spacial score (nSPS) is 14.9. The average molecular weight is 433 g/mol. The standard InChI is InChI=1S/C24H24N4O2S/c1-16-6-8-17(9-7-16)23-27-26-21(30-23)10-11-22(29)28-14-12-18(13-15-28)24-25-19-4-2-3-5-20(19)31-24/h2-9,18H,10-15H2,1H3. The molecule has 2 aromatic carbocycles. The van der Waals surface area contributed by atoms with Gasteiger partial charge in [0.05, 0.1) is 15.2 Å². The Balaban J connectivity index is 1.14. The minimum absolute atomic E-state index is 0.151. The van der Waals surface area contributed by atoms with Crippen LogP contribution in [0.1, 0.15) is 41.6 Å². The number of aromatic nitrogens is 3. The number of benzene rings is 2. The van der Waals surface area contributed by atoms with Gasteiger partial charge < -0.3 is 9.32 Å². The number of nitrogens with zero attached hydrogens (tertiary/aromatic N) is 4. The molecule has 2 aromatic heterocycles. The lowest BCUT2D eigenvalue weighted by atomic mass is 9.97. The fraction of sp³-hybridized carbons (Fsp3) is 0.333. The van der Waals surface area contributed by atoms with E-state index in [0.717, 1.165) is 37.0 Å². The molecule has 1 saturated heterocycles. The molecular weight excluding hydrogens is 408 g/mol. The van der Waals surface area contributed by atoms with Crippen molar-refractivity contribution in [3.05, 3.63) is 65.0 Å². The van der Waals surface area contributed by atoms with Crippen LogP contribution in [-0.2, 0) is 11.2 Å². The van der Waals surface area contributed by atoms with Crippen LogP contribution in [0.3, 0.4) is 0 Å². The second-order valence-corrected chi connectivity index (χ2v) is 9.10. The Kier molecular flexibility index (Phi) is 5.51. The van der Waals surface area contributed by atoms with Gasteiger partial charge in [-0.25, -0.2) is 4.98 Å². The lowest BCUT2D eigenvalue weighted by Crippen LogP contribution is -2.38. The van der Waals surface area contributed by atoms with Crippen LogP contribution in [0.4, 0.5) is 0 Å². The van der Waals surface area contributed by atoms with Gasteiger partial charge in [-0.2, -0.15) is 0 Å². The van der Waals surface area contributed by atoms with Crippen molar-refractivity contribution in [2.75, 3.05) is 13.1 Å². The number of rotatable bonds is 5. The first kappa shape index (κ1) is 19.9. The maximum atomic E-state index is 12.7. The molecule has 0 aliphatic carbocycles. The summed E-state index contributed by atoms with van der Waals surface area (Å²) in [6.45, 7) is 3.59. The van der Waals surface area contributed by atoms with E-state index in [2.05, 4.69) is 28.4 Å². The van der Waals surface area contributed by atoms with Crippen LogP contribution < -0.4 is 0 Å². The molecule has 0 atom stereocenters. The van der Waals surface area contributed by atoms with Crippen molar-refractivity contribution in [1.29, 1.82) is 0 Å². The summed E-state index contributed by atoms with van der Waals surface area (Å²) in [5.74, 6) is 1.60. The number of para-hydroxylation sites is 1. The van der Waals surface area contributed by atoms with Crippen molar-refractivity contribution >= 4 is 27.5 Å². The zero-order valence-corrected chi connectivity index (χ0v) is 18.3. The van der Waals surface area contributed by atoms with Crippen LogP contribution >= 0.6 is 11.3 Å². The summed E-state index contributed by atoms with van der Waals surface area (Å²) in [6, 6.07) is 16.2. The maximum Gasteiger partial charge on any atom is 0.247 e. The molecule has 5 rings (SSSR count). The Bertz CT molecular complexity index is 1160. The van der Waals surface area contributed by atoms with E-state index in [0.29, 0.717) is 30.5 Å². The number of thiazole rings is 1. The van der Waals surface area contributed by atoms with Crippen LogP contribution in [0.15, 0.2) is 52.9 Å². The summed E-state index contributed by atoms with van der Waals surface area (Å²) < 4.78 is 6.99. The van der Waals surface area contributed by atoms with E-state index >= 15 is 0 Å². The summed E-state index contributed by atoms with van der Waals surface area (Å²) in [5, 5.41) is 9.43. The van der Waals surface area contributed by atoms with E-state index < -0.39 is 0 Å². The Labute approximate surface area is 184 Å². The number of hydrogen-bond donors (Lipinski definition) is 0. The highest BCUT2D eigenvalue weighted by Crippen LogP contribution is 2.34. The zero-order chi connectivity index (χ0) is 21.2. The predicted octanol–water partition coefficient (Wildman–Crippen LogP) is 4.99. The molecule has 158 valence electrons. The van der Waals surface area contributed by atoms with Gasteiger partial charge in [-0.15, -0.1) is 21.5 Å². The van der Waals surface area contributed by atoms with Crippen molar-refractivity contribution in [2.45, 2.75) is 38.5 Å². The molecule has 0 N–H and O–H groups in total. The quantitative estimate of drug-likeness (QED) is 0.444. The molecular formula is C24H24N4O2S. The fourth-order valence-electron chi connectivity index (χ4n) is 3.98. The number of amides is 1. The molecule has 1 fully saturated rings. The Morgan fingerprint density at radius 1 is 1.10 bits per heavy atom. The van der Waals surface area contributed by atoms with Crippen molar-refractivity contribution in [1.82, 2.24) is 20.1 Å². The second kappa shape index (κ2) is 8.59. The monoisotopic (exact) mass is 432 g/mol. The molecule has 31 heavy (non-hydrogen) atoms. The van der Waals surface area contributed by atoms with Crippen molar-refractivity contribution < 1.29 is 9.21 Å². The van der Waals surface area contributed by atoms with E-state index in [9.17, 15) is 4.79 Å². The molecule has 6 nitrogen and oxygen atoms in total. The largest absolute Gasteiger partial charge is 0.421 e. The average Bonchev–Trinajstić information content (AvgIpc) is 3.45. The van der Waals surface area contributed by atoms with Crippen LogP contribution in [-0.4, -0.2) is 39.1 Å². The minimum atomic E-state index is 0.151. The van der Waals surface area contributed by atoms with Gasteiger partial charge in [0.25, 0.3) is 0 Å². The summed E-state index contributed by atoms with van der Waals surface area (Å²) in [5.41, 5.74) is 3.15. The van der Waals surface area contributed by atoms with E-state index in [1.54, 1.807) is 11.3 Å². The first-order chi connectivity index (χ1) is 15.2. The number of carbonyl (C=O) groups excluding carboxylic acids is 1. The molecule has 0 spiro atoms. The number of hydrogen-bond acceptors (Lipinski definition) is 6. The molecule has 1 amide bonds. The van der Waals surface area contributed by atoms with Crippen molar-refractivity contribution in [2.24, 2.45) is 0 Å². The lowest BCUT2D eigenvalue weighted by Gasteiger charge is -2.31. The zero-order valence-electron chi connectivity index (χ0n) is 17.5. The molecule has 0 saturated carbocycles. The molecule has 0 radical (unpaired) electrons. The van der Waals surface area contributed by atoms with Gasteiger partial charge in [-0.05, 0) is 44.0 Å². The van der Waals surface area contributed by atoms with E-state index in [1.807, 2.05) is 42.2 Å². The number of fused-ring (bicyclic) bond motifs is 1. The molecule has 1 aliphatic heterocycles. The SMILES string of the molecule is Cc1ccc(-c2nnc(CCC(=O)N3CCC(c4nc5ccccc5s4)CC3)o2)cc1. The van der Waals surface area contributed by atoms with Gasteiger partial charge in [0.2, 0.25) is 17.7 Å². The first-order valence-corrected chi connectivity index (χ1v) is 11.5. The van der Waals surface area contributed by atoms with Crippen molar-refractivity contribution in [3.63, 3.8) is 0 Å². The molecule has 4 aromatic rings. The Morgan fingerprint density at radius 3 is 2.65 bits per heavy atom. The summed E-state index contributed by atoms with van der Waals surface area (Å²) in [6.07, 6.45) is 2.78. The van der Waals surface area contributed by atoms with Gasteiger partial charge in [-0.3, -0.25) is 4.79 Å². The molecule has 3 heterocycles. The van der Waals surface area contributed by atoms with Crippen LogP contribution in [0, 0.1) is 6.92 Å². The maximum absolute atomic E-state index is 12.7. The number of carbonyl (C=O) groups is 1. The lowest BCUT2D eigenvalue weighted by molar-refractivity contribution is -0.132. The topological polar surface area (TPSA) is 72.1 Å². The van der Waals surface area contributed by atoms with Gasteiger partial charge >= 0.3 is 0 Å². The van der Waals surface area contributed by atoms with E-state index in [4.69, 9.17) is 9.40 Å². The molecule has 1 aliphatic rings. The second-order valence-electron chi connectivity index (χ2n) is 8.04.